The Labute approximate surface area is 299 Å². The van der Waals surface area contributed by atoms with Crippen molar-refractivity contribution in [3.05, 3.63) is 35.4 Å². The highest BCUT2D eigenvalue weighted by Crippen LogP contribution is 2.63. The van der Waals surface area contributed by atoms with Gasteiger partial charge in [-0.05, 0) is 111 Å². The number of nitrogens with zero attached hydrogens (tertiary/aromatic N) is 3. The first-order valence-corrected chi connectivity index (χ1v) is 19.8. The molecule has 5 fully saturated rings. The number of Topliss-reactive ketones (excluding diaryl/α,β-unsaturated/α-hetero) is 1. The minimum Gasteiger partial charge on any atom is -0.394 e. The summed E-state index contributed by atoms with van der Waals surface area (Å²) in [6.07, 6.45) is 9.12. The van der Waals surface area contributed by atoms with Gasteiger partial charge in [-0.15, -0.1) is 0 Å². The van der Waals surface area contributed by atoms with Crippen molar-refractivity contribution in [3.63, 3.8) is 0 Å². The Kier molecular flexibility index (Phi) is 12.8. The van der Waals surface area contributed by atoms with Crippen LogP contribution in [0.25, 0.3) is 0 Å². The van der Waals surface area contributed by atoms with Gasteiger partial charge in [-0.1, -0.05) is 78.6 Å². The van der Waals surface area contributed by atoms with Gasteiger partial charge in [0.05, 0.1) is 12.7 Å². The molecule has 6 rings (SSSR count). The van der Waals surface area contributed by atoms with Gasteiger partial charge in [0, 0.05) is 44.6 Å². The van der Waals surface area contributed by atoms with Gasteiger partial charge in [-0.25, -0.2) is 0 Å². The lowest BCUT2D eigenvalue weighted by atomic mass is 9.43. The summed E-state index contributed by atoms with van der Waals surface area (Å²) in [5.41, 5.74) is 3.06. The van der Waals surface area contributed by atoms with Crippen molar-refractivity contribution >= 4 is 5.78 Å². The van der Waals surface area contributed by atoms with Gasteiger partial charge in [0.15, 0.2) is 5.78 Å². The molecule has 0 unspecified atom stereocenters. The molecule has 0 radical (unpaired) electrons. The number of carbonyl (C=O) groups is 1. The number of benzene rings is 1. The van der Waals surface area contributed by atoms with Gasteiger partial charge in [0.25, 0.3) is 0 Å². The molecule has 0 aromatic heterocycles. The summed E-state index contributed by atoms with van der Waals surface area (Å²) >= 11 is 0. The van der Waals surface area contributed by atoms with Crippen LogP contribution in [0.2, 0.25) is 0 Å². The number of hydrogen-bond donors (Lipinski definition) is 2. The lowest BCUT2D eigenvalue weighted by Crippen LogP contribution is -2.55. The Morgan fingerprint density at radius 1 is 1.12 bits per heavy atom. The molecule has 0 amide bonds. The normalized spacial score (nSPS) is 31.7. The van der Waals surface area contributed by atoms with Crippen LogP contribution in [0.4, 0.5) is 0 Å². The van der Waals surface area contributed by atoms with Gasteiger partial charge >= 0.3 is 0 Å². The van der Waals surface area contributed by atoms with Crippen LogP contribution in [0.1, 0.15) is 117 Å². The van der Waals surface area contributed by atoms with Crippen LogP contribution < -0.4 is 0 Å². The fraction of sp³-hybridized carbons (Fsp3) is 0.833. The average molecular weight is 682 g/mol. The number of aliphatic hydroxyl groups is 2. The van der Waals surface area contributed by atoms with E-state index in [1.165, 1.54) is 44.1 Å². The highest BCUT2D eigenvalue weighted by molar-refractivity contribution is 5.84. The molecule has 7 heteroatoms. The summed E-state index contributed by atoms with van der Waals surface area (Å²) in [5, 5.41) is 23.0. The molecule has 1 aliphatic heterocycles. The molecule has 0 spiro atoms. The van der Waals surface area contributed by atoms with E-state index in [4.69, 9.17) is 4.84 Å². The maximum Gasteiger partial charge on any atom is 0.152 e. The molecule has 1 aromatic carbocycles. The second kappa shape index (κ2) is 16.1. The summed E-state index contributed by atoms with van der Waals surface area (Å²) < 4.78 is 0. The maximum absolute atomic E-state index is 14.1. The van der Waals surface area contributed by atoms with E-state index in [0.717, 1.165) is 55.8 Å². The molecule has 1 saturated heterocycles. The van der Waals surface area contributed by atoms with Crippen molar-refractivity contribution in [2.45, 2.75) is 144 Å². The van der Waals surface area contributed by atoms with Crippen molar-refractivity contribution in [1.82, 2.24) is 14.9 Å². The van der Waals surface area contributed by atoms with Crippen LogP contribution in [0.3, 0.4) is 0 Å². The smallest absolute Gasteiger partial charge is 0.152 e. The Morgan fingerprint density at radius 3 is 2.41 bits per heavy atom. The van der Waals surface area contributed by atoms with Crippen molar-refractivity contribution in [2.24, 2.45) is 46.3 Å². The van der Waals surface area contributed by atoms with E-state index in [0.29, 0.717) is 36.3 Å². The molecule has 4 aliphatic carbocycles. The molecule has 49 heavy (non-hydrogen) atoms. The molecule has 278 valence electrons. The SMILES string of the molecule is C[C@@H]1[C@@H](CCC(=O)[C@@H]2[C@H]([C@H](C)O)[C@H](CO)ON2Cc2cccc(CN(CC3CCCC3)[C@H](CN(C)C)CC(C)(C)C)c2)C[C@H]2C[C@@H]1C2(C)C. The van der Waals surface area contributed by atoms with E-state index >= 15 is 0 Å². The molecule has 5 aliphatic rings. The molecule has 2 bridgehead atoms. The molecule has 1 heterocycles. The Morgan fingerprint density at radius 2 is 1.82 bits per heavy atom. The molecule has 1 aromatic rings. The van der Waals surface area contributed by atoms with Crippen LogP contribution in [0, 0.1) is 46.3 Å². The number of fused-ring (bicyclic) bond motifs is 2. The summed E-state index contributed by atoms with van der Waals surface area (Å²) in [5.74, 6) is 3.20. The van der Waals surface area contributed by atoms with Crippen LogP contribution in [0.5, 0.6) is 0 Å². The fourth-order valence-corrected chi connectivity index (χ4v) is 10.6. The van der Waals surface area contributed by atoms with Crippen molar-refractivity contribution < 1.29 is 19.8 Å². The van der Waals surface area contributed by atoms with Crippen LogP contribution >= 0.6 is 0 Å². The first-order chi connectivity index (χ1) is 23.1. The fourth-order valence-electron chi connectivity index (χ4n) is 10.6. The summed E-state index contributed by atoms with van der Waals surface area (Å²) in [6.45, 7) is 19.4. The van der Waals surface area contributed by atoms with Gasteiger partial charge in [0.1, 0.15) is 12.1 Å². The average Bonchev–Trinajstić information content (AvgIpc) is 3.66. The van der Waals surface area contributed by atoms with Crippen LogP contribution in [0.15, 0.2) is 24.3 Å². The Bertz CT molecular complexity index is 1220. The van der Waals surface area contributed by atoms with Crippen molar-refractivity contribution in [3.8, 4) is 0 Å². The first-order valence-electron chi connectivity index (χ1n) is 19.8. The third-order valence-corrected chi connectivity index (χ3v) is 13.3. The molecular formula is C42H71N3O4. The molecular weight excluding hydrogens is 610 g/mol. The minimum absolute atomic E-state index is 0.139. The van der Waals surface area contributed by atoms with Crippen LogP contribution in [-0.4, -0.2) is 88.9 Å². The minimum atomic E-state index is -0.759. The van der Waals surface area contributed by atoms with Crippen molar-refractivity contribution in [2.75, 3.05) is 33.8 Å². The Balaban J connectivity index is 1.31. The lowest BCUT2D eigenvalue weighted by Gasteiger charge is -2.62. The van der Waals surface area contributed by atoms with Gasteiger partial charge in [-0.3, -0.25) is 14.5 Å². The molecule has 2 N–H and O–H groups in total. The second-order valence-electron chi connectivity index (χ2n) is 19.0. The summed E-state index contributed by atoms with van der Waals surface area (Å²) in [4.78, 5) is 25.5. The largest absolute Gasteiger partial charge is 0.394 e. The predicted molar refractivity (Wildman–Crippen MR) is 199 cm³/mol. The number of carbonyl (C=O) groups excluding carboxylic acids is 1. The van der Waals surface area contributed by atoms with Gasteiger partial charge in [-0.2, -0.15) is 5.06 Å². The topological polar surface area (TPSA) is 76.5 Å². The monoisotopic (exact) mass is 682 g/mol. The Hall–Kier alpha value is -1.35. The number of hydrogen-bond acceptors (Lipinski definition) is 7. The van der Waals surface area contributed by atoms with E-state index in [2.05, 4.69) is 89.7 Å². The summed E-state index contributed by atoms with van der Waals surface area (Å²) in [6, 6.07) is 8.70. The van der Waals surface area contributed by atoms with E-state index in [9.17, 15) is 15.0 Å². The first kappa shape index (κ1) is 38.9. The van der Waals surface area contributed by atoms with Crippen LogP contribution in [-0.2, 0) is 22.7 Å². The van der Waals surface area contributed by atoms with E-state index in [1.54, 1.807) is 12.0 Å². The van der Waals surface area contributed by atoms with E-state index in [-0.39, 0.29) is 17.8 Å². The zero-order valence-electron chi connectivity index (χ0n) is 32.5. The standard InChI is InChI=1S/C42H71N3O4/c1-28-33(20-34-21-36(28)42(34,6)7)17-18-37(48)40-39(29(2)47)38(27-46)49-45(40)25-32-16-12-15-31(19-32)24-44(23-30-13-10-11-14-30)35(26-43(8)9)22-41(3,4)5/h12,15-16,19,28-30,33-36,38-40,46-47H,10-11,13-14,17-18,20-27H2,1-9H3/t28-,29+,33+,34+,35+,36+,38+,39-,40-/m1/s1. The molecule has 4 saturated carbocycles. The number of hydroxylamine groups is 2. The number of ketones is 1. The zero-order valence-corrected chi connectivity index (χ0v) is 32.5. The predicted octanol–water partition coefficient (Wildman–Crippen LogP) is 7.19. The van der Waals surface area contributed by atoms with Gasteiger partial charge in [0.2, 0.25) is 0 Å². The molecule has 9 atom stereocenters. The highest BCUT2D eigenvalue weighted by Gasteiger charge is 2.56. The quantitative estimate of drug-likeness (QED) is 0.191. The number of rotatable bonds is 16. The maximum atomic E-state index is 14.1. The highest BCUT2D eigenvalue weighted by atomic mass is 16.7. The molecule has 7 nitrogen and oxygen atoms in total. The third-order valence-electron chi connectivity index (χ3n) is 13.3. The summed E-state index contributed by atoms with van der Waals surface area (Å²) in [7, 11) is 4.38. The number of aliphatic hydroxyl groups excluding tert-OH is 2. The lowest BCUT2D eigenvalue weighted by molar-refractivity contribution is -0.181. The van der Waals surface area contributed by atoms with Gasteiger partial charge < -0.3 is 15.1 Å². The zero-order chi connectivity index (χ0) is 35.7. The van der Waals surface area contributed by atoms with E-state index < -0.39 is 24.2 Å². The third kappa shape index (κ3) is 9.37. The second-order valence-corrected chi connectivity index (χ2v) is 19.0. The number of likely N-dealkylation sites (N-methyl/N-ethyl adjacent to an activating group) is 1. The van der Waals surface area contributed by atoms with E-state index in [1.807, 2.05) is 0 Å². The van der Waals surface area contributed by atoms with Crippen molar-refractivity contribution in [1.29, 1.82) is 0 Å².